The Hall–Kier alpha value is -2.14. The van der Waals surface area contributed by atoms with Crippen molar-refractivity contribution in [3.05, 3.63) is 54.1 Å². The monoisotopic (exact) mass is 288 g/mol. The maximum absolute atomic E-state index is 14.2. The molecule has 0 aliphatic carbocycles. The summed E-state index contributed by atoms with van der Waals surface area (Å²) in [6, 6.07) is 8.12. The Kier molecular flexibility index (Phi) is 3.75. The van der Waals surface area contributed by atoms with Gasteiger partial charge in [0.25, 0.3) is 5.91 Å². The van der Waals surface area contributed by atoms with Crippen molar-refractivity contribution in [1.82, 2.24) is 9.47 Å². The van der Waals surface area contributed by atoms with Gasteiger partial charge in [-0.05, 0) is 43.2 Å². The summed E-state index contributed by atoms with van der Waals surface area (Å²) in [6.45, 7) is 0.927. The summed E-state index contributed by atoms with van der Waals surface area (Å²) in [6.07, 6.45) is 4.51. The third kappa shape index (κ3) is 2.83. The molecule has 0 saturated carbocycles. The van der Waals surface area contributed by atoms with Gasteiger partial charge in [0.05, 0.1) is 11.8 Å². The van der Waals surface area contributed by atoms with Gasteiger partial charge >= 0.3 is 0 Å². The first-order chi connectivity index (χ1) is 10.1. The molecule has 1 aromatic carbocycles. The number of nitrogens with zero attached hydrogens (tertiary/aromatic N) is 2. The van der Waals surface area contributed by atoms with Crippen molar-refractivity contribution in [2.24, 2.45) is 0 Å². The van der Waals surface area contributed by atoms with E-state index in [0.29, 0.717) is 30.8 Å². The molecule has 1 saturated heterocycles. The highest BCUT2D eigenvalue weighted by Gasteiger charge is 2.23. The Morgan fingerprint density at radius 1 is 1.29 bits per heavy atom. The van der Waals surface area contributed by atoms with Crippen molar-refractivity contribution in [3.8, 4) is 5.69 Å². The lowest BCUT2D eigenvalue weighted by Crippen LogP contribution is -2.42. The van der Waals surface area contributed by atoms with E-state index in [4.69, 9.17) is 0 Å². The molecular formula is C16H17FN2O2. The van der Waals surface area contributed by atoms with Crippen molar-refractivity contribution in [3.63, 3.8) is 0 Å². The van der Waals surface area contributed by atoms with Gasteiger partial charge < -0.3 is 14.6 Å². The number of benzene rings is 1. The predicted molar refractivity (Wildman–Crippen MR) is 76.9 cm³/mol. The van der Waals surface area contributed by atoms with E-state index in [2.05, 4.69) is 0 Å². The van der Waals surface area contributed by atoms with E-state index in [1.165, 1.54) is 6.07 Å². The van der Waals surface area contributed by atoms with Crippen LogP contribution in [0.25, 0.3) is 5.69 Å². The molecule has 1 atom stereocenters. The number of carbonyl (C=O) groups excluding carboxylic acids is 1. The van der Waals surface area contributed by atoms with E-state index in [9.17, 15) is 14.3 Å². The zero-order chi connectivity index (χ0) is 14.8. The highest BCUT2D eigenvalue weighted by molar-refractivity contribution is 5.94. The molecule has 2 heterocycles. The van der Waals surface area contributed by atoms with Gasteiger partial charge in [-0.15, -0.1) is 0 Å². The van der Waals surface area contributed by atoms with Crippen molar-refractivity contribution in [1.29, 1.82) is 0 Å². The Labute approximate surface area is 122 Å². The second-order valence-corrected chi connectivity index (χ2v) is 5.30. The van der Waals surface area contributed by atoms with Crippen LogP contribution in [0.15, 0.2) is 42.7 Å². The summed E-state index contributed by atoms with van der Waals surface area (Å²) in [5, 5.41) is 9.63. The zero-order valence-electron chi connectivity index (χ0n) is 11.6. The summed E-state index contributed by atoms with van der Waals surface area (Å²) in [4.78, 5) is 13.9. The van der Waals surface area contributed by atoms with E-state index >= 15 is 0 Å². The standard InChI is InChI=1S/C16H17FN2O2/c17-14-10-12(5-6-15(14)18-7-1-2-8-18)16(21)19-9-3-4-13(20)11-19/h1-2,5-8,10,13,20H,3-4,9,11H2. The quantitative estimate of drug-likeness (QED) is 0.921. The maximum atomic E-state index is 14.2. The van der Waals surface area contributed by atoms with E-state index in [0.717, 1.165) is 6.42 Å². The number of likely N-dealkylation sites (tertiary alicyclic amines) is 1. The molecule has 1 amide bonds. The number of carbonyl (C=O) groups is 1. The van der Waals surface area contributed by atoms with Gasteiger partial charge in [0.15, 0.2) is 0 Å². The van der Waals surface area contributed by atoms with Crippen LogP contribution in [0, 0.1) is 5.82 Å². The van der Waals surface area contributed by atoms with Crippen LogP contribution in [0.5, 0.6) is 0 Å². The number of β-amino-alcohol motifs (C(OH)–C–C–N with tert-alkyl or cyclic N) is 1. The number of hydrogen-bond acceptors (Lipinski definition) is 2. The zero-order valence-corrected chi connectivity index (χ0v) is 11.6. The summed E-state index contributed by atoms with van der Waals surface area (Å²) < 4.78 is 15.8. The average molecular weight is 288 g/mol. The van der Waals surface area contributed by atoms with Crippen molar-refractivity contribution >= 4 is 5.91 Å². The lowest BCUT2D eigenvalue weighted by atomic mass is 10.1. The molecule has 0 spiro atoms. The second kappa shape index (κ2) is 5.69. The Morgan fingerprint density at radius 3 is 2.71 bits per heavy atom. The van der Waals surface area contributed by atoms with Crippen LogP contribution in [0.1, 0.15) is 23.2 Å². The number of halogens is 1. The summed E-state index contributed by atoms with van der Waals surface area (Å²) >= 11 is 0. The van der Waals surface area contributed by atoms with Crippen molar-refractivity contribution < 1.29 is 14.3 Å². The first kappa shape index (κ1) is 13.8. The van der Waals surface area contributed by atoms with Crippen LogP contribution < -0.4 is 0 Å². The fourth-order valence-electron chi connectivity index (χ4n) is 2.67. The van der Waals surface area contributed by atoms with Crippen LogP contribution in [0.2, 0.25) is 0 Å². The smallest absolute Gasteiger partial charge is 0.254 e. The Morgan fingerprint density at radius 2 is 2.05 bits per heavy atom. The summed E-state index contributed by atoms with van der Waals surface area (Å²) in [5.74, 6) is -0.665. The molecular weight excluding hydrogens is 271 g/mol. The number of amides is 1. The fourth-order valence-corrected chi connectivity index (χ4v) is 2.67. The molecule has 21 heavy (non-hydrogen) atoms. The van der Waals surface area contributed by atoms with E-state index in [-0.39, 0.29) is 5.91 Å². The third-order valence-corrected chi connectivity index (χ3v) is 3.76. The van der Waals surface area contributed by atoms with Crippen LogP contribution >= 0.6 is 0 Å². The van der Waals surface area contributed by atoms with Gasteiger partial charge in [-0.1, -0.05) is 0 Å². The minimum Gasteiger partial charge on any atom is -0.391 e. The number of aliphatic hydroxyl groups excluding tert-OH is 1. The number of rotatable bonds is 2. The molecule has 4 nitrogen and oxygen atoms in total. The van der Waals surface area contributed by atoms with Gasteiger partial charge in [-0.25, -0.2) is 4.39 Å². The number of aromatic nitrogens is 1. The van der Waals surface area contributed by atoms with Gasteiger partial charge in [-0.3, -0.25) is 4.79 Å². The highest BCUT2D eigenvalue weighted by atomic mass is 19.1. The van der Waals surface area contributed by atoms with Crippen molar-refractivity contribution in [2.45, 2.75) is 18.9 Å². The predicted octanol–water partition coefficient (Wildman–Crippen LogP) is 2.21. The topological polar surface area (TPSA) is 45.5 Å². The first-order valence-corrected chi connectivity index (χ1v) is 7.05. The van der Waals surface area contributed by atoms with Crippen LogP contribution in [0.4, 0.5) is 4.39 Å². The molecule has 1 fully saturated rings. The van der Waals surface area contributed by atoms with Gasteiger partial charge in [0.2, 0.25) is 0 Å². The number of piperidine rings is 1. The SMILES string of the molecule is O=C(c1ccc(-n2cccc2)c(F)c1)N1CCCC(O)C1. The molecule has 110 valence electrons. The third-order valence-electron chi connectivity index (χ3n) is 3.76. The lowest BCUT2D eigenvalue weighted by Gasteiger charge is -2.30. The minimum atomic E-state index is -0.480. The Bertz CT molecular complexity index is 640. The molecule has 1 N–H and O–H groups in total. The molecule has 2 aromatic rings. The normalized spacial score (nSPS) is 18.8. The summed E-state index contributed by atoms with van der Waals surface area (Å²) in [5.41, 5.74) is 0.729. The highest BCUT2D eigenvalue weighted by Crippen LogP contribution is 2.18. The molecule has 5 heteroatoms. The number of aliphatic hydroxyl groups is 1. The first-order valence-electron chi connectivity index (χ1n) is 7.05. The van der Waals surface area contributed by atoms with E-state index < -0.39 is 11.9 Å². The fraction of sp³-hybridized carbons (Fsp3) is 0.312. The van der Waals surface area contributed by atoms with Crippen LogP contribution in [-0.4, -0.2) is 39.7 Å². The molecule has 1 aliphatic rings. The van der Waals surface area contributed by atoms with E-state index in [1.807, 2.05) is 12.1 Å². The second-order valence-electron chi connectivity index (χ2n) is 5.30. The van der Waals surface area contributed by atoms with Crippen LogP contribution in [0.3, 0.4) is 0 Å². The molecule has 0 radical (unpaired) electrons. The van der Waals surface area contributed by atoms with Gasteiger partial charge in [0, 0.05) is 31.0 Å². The lowest BCUT2D eigenvalue weighted by molar-refractivity contribution is 0.0473. The average Bonchev–Trinajstić information content (AvgIpc) is 3.00. The molecule has 1 aliphatic heterocycles. The largest absolute Gasteiger partial charge is 0.391 e. The molecule has 1 unspecified atom stereocenters. The van der Waals surface area contributed by atoms with Gasteiger partial charge in [-0.2, -0.15) is 0 Å². The number of hydrogen-bond donors (Lipinski definition) is 1. The van der Waals surface area contributed by atoms with Crippen molar-refractivity contribution in [2.75, 3.05) is 13.1 Å². The Balaban J connectivity index is 1.83. The molecule has 0 bridgehead atoms. The maximum Gasteiger partial charge on any atom is 0.254 e. The van der Waals surface area contributed by atoms with Gasteiger partial charge in [0.1, 0.15) is 5.82 Å². The minimum absolute atomic E-state index is 0.230. The molecule has 1 aromatic heterocycles. The molecule has 3 rings (SSSR count). The van der Waals surface area contributed by atoms with E-state index in [1.54, 1.807) is 34.0 Å². The summed E-state index contributed by atoms with van der Waals surface area (Å²) in [7, 11) is 0. The van der Waals surface area contributed by atoms with Crippen LogP contribution in [-0.2, 0) is 0 Å².